The number of aliphatic hydroxyl groups is 1. The van der Waals surface area contributed by atoms with Gasteiger partial charge in [0.25, 0.3) is 0 Å². The number of imidazole rings is 2. The van der Waals surface area contributed by atoms with Gasteiger partial charge in [0.05, 0.1) is 61.8 Å². The van der Waals surface area contributed by atoms with Gasteiger partial charge >= 0.3 is 0 Å². The number of aryl methyl sites for hydroxylation is 2. The van der Waals surface area contributed by atoms with Gasteiger partial charge in [0.15, 0.2) is 0 Å². The van der Waals surface area contributed by atoms with Crippen LogP contribution in [0.2, 0.25) is 0 Å². The molecular weight excluding hydrogens is 823 g/mol. The molecule has 2 aliphatic heterocycles. The fourth-order valence-electron chi connectivity index (χ4n) is 8.34. The molecule has 7 aromatic rings. The minimum atomic E-state index is -0.268. The van der Waals surface area contributed by atoms with Crippen LogP contribution in [0.1, 0.15) is 83.7 Å². The molecule has 0 radical (unpaired) electrons. The first-order chi connectivity index (χ1) is 30.9. The Morgan fingerprint density at radius 1 is 0.646 bits per heavy atom. The van der Waals surface area contributed by atoms with Crippen molar-refractivity contribution in [2.75, 3.05) is 44.0 Å². The smallest absolute Gasteiger partial charge is 0.126 e. The zero-order valence-electron chi connectivity index (χ0n) is 36.0. The number of nitrogens with zero attached hydrogens (tertiary/aromatic N) is 6. The predicted molar refractivity (Wildman–Crippen MR) is 257 cm³/mol. The molecular formula is C52H62F2N8O3. The number of hydrogen-bond acceptors (Lipinski definition) is 9. The van der Waals surface area contributed by atoms with Gasteiger partial charge in [0, 0.05) is 60.6 Å². The Balaban J connectivity index is 0.000000217. The molecule has 13 heteroatoms. The molecule has 0 fully saturated rings. The highest BCUT2D eigenvalue weighted by Gasteiger charge is 2.32. The number of aromatic nitrogens is 6. The molecule has 6 heterocycles. The summed E-state index contributed by atoms with van der Waals surface area (Å²) in [5.41, 5.74) is 8.53. The maximum atomic E-state index is 13.7. The SMILES string of the molecule is C.C.CCCNc1cc(-c2c(-c3ccc(F)cc3)nc3n2[C@@H](CO)CC3)ccn1.CCCNc1cc(-c2c(-c3ccc(F)cc3)nc3n2[C@@H](COCc2ccc(OC)cc2)CC3)ccn1. The third-order valence-electron chi connectivity index (χ3n) is 11.5. The average Bonchev–Trinajstić information content (AvgIpc) is 4.10. The van der Waals surface area contributed by atoms with Crippen LogP contribution in [-0.4, -0.2) is 67.6 Å². The molecule has 0 aliphatic carbocycles. The number of benzene rings is 3. The van der Waals surface area contributed by atoms with E-state index in [1.165, 1.54) is 24.3 Å². The third-order valence-corrected chi connectivity index (χ3v) is 11.5. The van der Waals surface area contributed by atoms with Gasteiger partial charge in [-0.15, -0.1) is 0 Å². The molecule has 0 saturated heterocycles. The Morgan fingerprint density at radius 2 is 1.12 bits per heavy atom. The standard InChI is InChI=1S/C29H31FN4O2.C21H23FN4O.2CH4/c1-3-15-31-26-17-22(14-16-32-26)29-28(21-6-8-23(30)9-7-21)33-27-13-10-24(34(27)29)19-36-18-20-4-11-25(35-2)12-5-20;1-2-10-23-18-12-15(9-11-24-18)21-20(14-3-5-16(22)6-4-14)25-19-8-7-17(13-27)26(19)21;;/h4-9,11-12,14,16-17,24H,3,10,13,15,18-19H2,1-2H3,(H,31,32);3-6,9,11-12,17,27H,2,7-8,10,13H2,1H3,(H,23,24);2*1H4/t24-;17-;;/m11../s1. The Bertz CT molecular complexity index is 2590. The van der Waals surface area contributed by atoms with Crippen molar-refractivity contribution in [1.29, 1.82) is 0 Å². The summed E-state index contributed by atoms with van der Waals surface area (Å²) in [5, 5.41) is 16.5. The Kier molecular flexibility index (Phi) is 16.6. The second-order valence-electron chi connectivity index (χ2n) is 15.8. The summed E-state index contributed by atoms with van der Waals surface area (Å²) in [6.45, 7) is 7.13. The van der Waals surface area contributed by atoms with E-state index in [4.69, 9.17) is 19.4 Å². The molecule has 65 heavy (non-hydrogen) atoms. The van der Waals surface area contributed by atoms with Crippen LogP contribution in [0.5, 0.6) is 5.75 Å². The van der Waals surface area contributed by atoms with Crippen LogP contribution in [0.3, 0.4) is 0 Å². The van der Waals surface area contributed by atoms with Crippen molar-refractivity contribution in [2.24, 2.45) is 0 Å². The number of fused-ring (bicyclic) bond motifs is 2. The molecule has 0 amide bonds. The highest BCUT2D eigenvalue weighted by Crippen LogP contribution is 2.42. The lowest BCUT2D eigenvalue weighted by Crippen LogP contribution is -2.13. The van der Waals surface area contributed by atoms with E-state index in [-0.39, 0.29) is 45.2 Å². The molecule has 3 N–H and O–H groups in total. The molecule has 2 aliphatic rings. The van der Waals surface area contributed by atoms with E-state index in [0.29, 0.717) is 13.2 Å². The van der Waals surface area contributed by atoms with Crippen molar-refractivity contribution in [3.8, 4) is 50.8 Å². The van der Waals surface area contributed by atoms with E-state index in [1.807, 2.05) is 48.7 Å². The summed E-state index contributed by atoms with van der Waals surface area (Å²) in [5.74, 6) is 3.95. The highest BCUT2D eigenvalue weighted by atomic mass is 19.1. The molecule has 0 saturated carbocycles. The van der Waals surface area contributed by atoms with Crippen molar-refractivity contribution in [3.05, 3.63) is 138 Å². The molecule has 0 spiro atoms. The van der Waals surface area contributed by atoms with Crippen LogP contribution in [0.15, 0.2) is 109 Å². The Morgan fingerprint density at radius 3 is 1.58 bits per heavy atom. The zero-order chi connectivity index (χ0) is 43.7. The van der Waals surface area contributed by atoms with Crippen LogP contribution in [-0.2, 0) is 24.2 Å². The molecule has 342 valence electrons. The second kappa shape index (κ2) is 22.5. The first-order valence-corrected chi connectivity index (χ1v) is 21.8. The fourth-order valence-corrected chi connectivity index (χ4v) is 8.34. The van der Waals surface area contributed by atoms with E-state index in [2.05, 4.69) is 49.6 Å². The van der Waals surface area contributed by atoms with E-state index < -0.39 is 0 Å². The first kappa shape index (κ1) is 48.0. The van der Waals surface area contributed by atoms with E-state index >= 15 is 0 Å². The second-order valence-corrected chi connectivity index (χ2v) is 15.8. The fraction of sp³-hybridized carbons (Fsp3) is 0.346. The summed E-state index contributed by atoms with van der Waals surface area (Å²) in [7, 11) is 1.66. The molecule has 3 aromatic carbocycles. The van der Waals surface area contributed by atoms with Gasteiger partial charge < -0.3 is 34.3 Å². The number of anilines is 2. The van der Waals surface area contributed by atoms with E-state index in [9.17, 15) is 13.9 Å². The van der Waals surface area contributed by atoms with Crippen LogP contribution in [0.4, 0.5) is 20.4 Å². The van der Waals surface area contributed by atoms with Crippen molar-refractivity contribution in [3.63, 3.8) is 0 Å². The van der Waals surface area contributed by atoms with Gasteiger partial charge in [-0.1, -0.05) is 40.8 Å². The predicted octanol–water partition coefficient (Wildman–Crippen LogP) is 11.6. The highest BCUT2D eigenvalue weighted by molar-refractivity contribution is 5.81. The third kappa shape index (κ3) is 10.9. The summed E-state index contributed by atoms with van der Waals surface area (Å²) in [6.07, 6.45) is 9.18. The van der Waals surface area contributed by atoms with Crippen LogP contribution in [0, 0.1) is 11.6 Å². The van der Waals surface area contributed by atoms with Gasteiger partial charge in [0.1, 0.15) is 40.7 Å². The number of aliphatic hydroxyl groups excluding tert-OH is 1. The minimum absolute atomic E-state index is 0. The Hall–Kier alpha value is -6.44. The summed E-state index contributed by atoms with van der Waals surface area (Å²) in [4.78, 5) is 18.7. The number of pyridine rings is 2. The monoisotopic (exact) mass is 884 g/mol. The Labute approximate surface area is 382 Å². The van der Waals surface area contributed by atoms with Crippen LogP contribution in [0.25, 0.3) is 45.0 Å². The average molecular weight is 885 g/mol. The molecule has 11 nitrogen and oxygen atoms in total. The largest absolute Gasteiger partial charge is 0.497 e. The van der Waals surface area contributed by atoms with Gasteiger partial charge in [-0.3, -0.25) is 0 Å². The maximum absolute atomic E-state index is 13.7. The normalized spacial score (nSPS) is 14.6. The molecule has 2 atom stereocenters. The van der Waals surface area contributed by atoms with Gasteiger partial charge in [-0.05, 0) is 116 Å². The first-order valence-electron chi connectivity index (χ1n) is 21.8. The van der Waals surface area contributed by atoms with Crippen molar-refractivity contribution >= 4 is 11.6 Å². The van der Waals surface area contributed by atoms with Crippen LogP contribution < -0.4 is 15.4 Å². The summed E-state index contributed by atoms with van der Waals surface area (Å²) in [6, 6.07) is 29.1. The number of rotatable bonds is 16. The number of ether oxygens (including phenoxy) is 2. The quantitative estimate of drug-likeness (QED) is 0.0870. The number of hydrogen-bond donors (Lipinski definition) is 3. The maximum Gasteiger partial charge on any atom is 0.126 e. The van der Waals surface area contributed by atoms with Crippen molar-refractivity contribution in [1.82, 2.24) is 29.1 Å². The summed E-state index contributed by atoms with van der Waals surface area (Å²) < 4.78 is 42.9. The van der Waals surface area contributed by atoms with Crippen molar-refractivity contribution < 1.29 is 23.4 Å². The number of halogens is 2. The number of nitrogens with one attached hydrogen (secondary N) is 2. The van der Waals surface area contributed by atoms with E-state index in [0.717, 1.165) is 131 Å². The minimum Gasteiger partial charge on any atom is -0.497 e. The van der Waals surface area contributed by atoms with Gasteiger partial charge in [-0.25, -0.2) is 28.7 Å². The summed E-state index contributed by atoms with van der Waals surface area (Å²) >= 11 is 0. The molecule has 4 aromatic heterocycles. The van der Waals surface area contributed by atoms with Crippen LogP contribution >= 0.6 is 0 Å². The topological polar surface area (TPSA) is 124 Å². The molecule has 9 rings (SSSR count). The lowest BCUT2D eigenvalue weighted by Gasteiger charge is -2.18. The van der Waals surface area contributed by atoms with E-state index in [1.54, 1.807) is 37.6 Å². The molecule has 0 unspecified atom stereocenters. The zero-order valence-corrected chi connectivity index (χ0v) is 36.0. The van der Waals surface area contributed by atoms with Gasteiger partial charge in [0.2, 0.25) is 0 Å². The lowest BCUT2D eigenvalue weighted by atomic mass is 10.0. The molecule has 0 bridgehead atoms. The number of methoxy groups -OCH3 is 1. The van der Waals surface area contributed by atoms with Gasteiger partial charge in [-0.2, -0.15) is 0 Å². The lowest BCUT2D eigenvalue weighted by molar-refractivity contribution is 0.0925. The van der Waals surface area contributed by atoms with Crippen molar-refractivity contribution in [2.45, 2.75) is 85.9 Å².